The van der Waals surface area contributed by atoms with Gasteiger partial charge < -0.3 is 19.6 Å². The van der Waals surface area contributed by atoms with Gasteiger partial charge in [0.25, 0.3) is 11.8 Å². The molecule has 6 nitrogen and oxygen atoms in total. The highest BCUT2D eigenvalue weighted by Crippen LogP contribution is 2.40. The Morgan fingerprint density at radius 2 is 1.62 bits per heavy atom. The third-order valence-corrected chi connectivity index (χ3v) is 9.81. The fourth-order valence-corrected chi connectivity index (χ4v) is 7.20. The first kappa shape index (κ1) is 30.8. The minimum absolute atomic E-state index is 0.0192. The summed E-state index contributed by atoms with van der Waals surface area (Å²) >= 11 is 12.7. The van der Waals surface area contributed by atoms with E-state index >= 15 is 0 Å². The second-order valence-electron chi connectivity index (χ2n) is 11.7. The minimum Gasteiger partial charge on any atom is -0.343 e. The van der Waals surface area contributed by atoms with E-state index in [1.165, 1.54) is 30.7 Å². The standard InChI is InChI=1S/C31H42Cl2FN4O2/c1-36(2)30(40)31(14-16-35-17-15-31)38(18-5-4-6-19-38)20-13-25(24-9-12-27(32)28(33)21-24)22-37(3)29(39)23-7-10-26(34)11-8-23/h7-12,21,25,35H,4-6,13-20,22H2,1-3H3/q+1. The number of quaternary nitrogens is 1. The van der Waals surface area contributed by atoms with Gasteiger partial charge in [-0.3, -0.25) is 9.59 Å². The molecule has 2 aromatic carbocycles. The van der Waals surface area contributed by atoms with E-state index in [4.69, 9.17) is 23.2 Å². The Balaban J connectivity index is 1.65. The molecule has 1 N–H and O–H groups in total. The summed E-state index contributed by atoms with van der Waals surface area (Å²) in [6, 6.07) is 11.3. The molecule has 0 saturated carbocycles. The summed E-state index contributed by atoms with van der Waals surface area (Å²) in [5.74, 6) is -0.327. The summed E-state index contributed by atoms with van der Waals surface area (Å²) in [5, 5.41) is 4.45. The van der Waals surface area contributed by atoms with Gasteiger partial charge in [0, 0.05) is 71.5 Å². The van der Waals surface area contributed by atoms with Crippen LogP contribution in [0.1, 0.15) is 60.4 Å². The number of piperidine rings is 2. The van der Waals surface area contributed by atoms with Crippen LogP contribution in [0.15, 0.2) is 42.5 Å². The number of likely N-dealkylation sites (N-methyl/N-ethyl adjacent to an activating group) is 2. The van der Waals surface area contributed by atoms with Crippen LogP contribution in [0.3, 0.4) is 0 Å². The topological polar surface area (TPSA) is 52.7 Å². The van der Waals surface area contributed by atoms with Gasteiger partial charge in [-0.05, 0) is 61.2 Å². The molecule has 40 heavy (non-hydrogen) atoms. The highest BCUT2D eigenvalue weighted by atomic mass is 35.5. The number of nitrogens with one attached hydrogen (secondary N) is 1. The van der Waals surface area contributed by atoms with Crippen LogP contribution in [0.5, 0.6) is 0 Å². The average molecular weight is 593 g/mol. The molecule has 218 valence electrons. The lowest BCUT2D eigenvalue weighted by Crippen LogP contribution is -2.74. The van der Waals surface area contributed by atoms with Crippen LogP contribution < -0.4 is 5.32 Å². The zero-order chi connectivity index (χ0) is 28.9. The van der Waals surface area contributed by atoms with Crippen molar-refractivity contribution in [1.29, 1.82) is 0 Å². The number of amides is 2. The van der Waals surface area contributed by atoms with Gasteiger partial charge >= 0.3 is 0 Å². The van der Waals surface area contributed by atoms with Crippen LogP contribution in [0.25, 0.3) is 0 Å². The number of nitrogens with zero attached hydrogens (tertiary/aromatic N) is 3. The van der Waals surface area contributed by atoms with Crippen LogP contribution in [-0.4, -0.2) is 92.0 Å². The first-order valence-electron chi connectivity index (χ1n) is 14.3. The largest absolute Gasteiger partial charge is 0.343 e. The molecule has 2 fully saturated rings. The second kappa shape index (κ2) is 13.2. The highest BCUT2D eigenvalue weighted by molar-refractivity contribution is 6.42. The van der Waals surface area contributed by atoms with E-state index in [1.54, 1.807) is 16.8 Å². The van der Waals surface area contributed by atoms with Gasteiger partial charge in [0.1, 0.15) is 5.82 Å². The second-order valence-corrected chi connectivity index (χ2v) is 12.5. The van der Waals surface area contributed by atoms with Crippen molar-refractivity contribution in [3.05, 3.63) is 69.5 Å². The maximum atomic E-state index is 13.9. The first-order valence-corrected chi connectivity index (χ1v) is 15.1. The van der Waals surface area contributed by atoms with Crippen molar-refractivity contribution < 1.29 is 18.5 Å². The van der Waals surface area contributed by atoms with E-state index < -0.39 is 5.54 Å². The summed E-state index contributed by atoms with van der Waals surface area (Å²) in [4.78, 5) is 30.7. The maximum Gasteiger partial charge on any atom is 0.283 e. The molecule has 2 saturated heterocycles. The number of hydrogen-bond donors (Lipinski definition) is 1. The van der Waals surface area contributed by atoms with Crippen LogP contribution >= 0.6 is 23.2 Å². The van der Waals surface area contributed by atoms with Crippen molar-refractivity contribution >= 4 is 35.0 Å². The van der Waals surface area contributed by atoms with E-state index in [-0.39, 0.29) is 23.5 Å². The zero-order valence-corrected chi connectivity index (χ0v) is 25.4. The monoisotopic (exact) mass is 591 g/mol. The highest BCUT2D eigenvalue weighted by Gasteiger charge is 2.57. The Bertz CT molecular complexity index is 1180. The fourth-order valence-electron chi connectivity index (χ4n) is 6.89. The SMILES string of the molecule is CN(C)C(=O)C1([N+]2(CCC(CN(C)C(=O)c3ccc(F)cc3)c3ccc(Cl)c(Cl)c3)CCCCC2)CCNCC1. The Kier molecular flexibility index (Phi) is 10.1. The van der Waals surface area contributed by atoms with Crippen LogP contribution in [0.2, 0.25) is 10.0 Å². The molecular formula is C31H42Cl2FN4O2+. The van der Waals surface area contributed by atoms with E-state index in [0.29, 0.717) is 22.2 Å². The van der Waals surface area contributed by atoms with Crippen molar-refractivity contribution in [3.63, 3.8) is 0 Å². The van der Waals surface area contributed by atoms with E-state index in [1.807, 2.05) is 32.3 Å². The van der Waals surface area contributed by atoms with Crippen LogP contribution in [0, 0.1) is 5.82 Å². The molecule has 9 heteroatoms. The first-order chi connectivity index (χ1) is 19.1. The lowest BCUT2D eigenvalue weighted by molar-refractivity contribution is -0.972. The smallest absolute Gasteiger partial charge is 0.283 e. The molecule has 2 aliphatic heterocycles. The maximum absolute atomic E-state index is 13.9. The summed E-state index contributed by atoms with van der Waals surface area (Å²) < 4.78 is 14.3. The molecule has 2 amide bonds. The van der Waals surface area contributed by atoms with Gasteiger partial charge in [-0.25, -0.2) is 4.39 Å². The number of rotatable bonds is 9. The van der Waals surface area contributed by atoms with Crippen molar-refractivity contribution in [3.8, 4) is 0 Å². The number of carbonyl (C=O) groups excluding carboxylic acids is 2. The molecule has 1 unspecified atom stereocenters. The summed E-state index contributed by atoms with van der Waals surface area (Å²) in [6.45, 7) is 4.94. The number of halogens is 3. The number of carbonyl (C=O) groups is 2. The van der Waals surface area contributed by atoms with Crippen molar-refractivity contribution in [2.24, 2.45) is 0 Å². The summed E-state index contributed by atoms with van der Waals surface area (Å²) in [6.07, 6.45) is 5.84. The molecule has 2 heterocycles. The molecule has 2 aromatic rings. The van der Waals surface area contributed by atoms with Crippen molar-refractivity contribution in [1.82, 2.24) is 15.1 Å². The van der Waals surface area contributed by atoms with Crippen molar-refractivity contribution in [2.75, 3.05) is 60.4 Å². The minimum atomic E-state index is -0.451. The third-order valence-electron chi connectivity index (χ3n) is 9.07. The van der Waals surface area contributed by atoms with E-state index in [2.05, 4.69) is 5.32 Å². The van der Waals surface area contributed by atoms with E-state index in [0.717, 1.165) is 74.9 Å². The number of likely N-dealkylation sites (tertiary alicyclic amines) is 1. The Hall–Kier alpha value is -2.19. The zero-order valence-electron chi connectivity index (χ0n) is 23.9. The Labute approximate surface area is 248 Å². The molecule has 2 aliphatic rings. The van der Waals surface area contributed by atoms with Gasteiger partial charge in [-0.1, -0.05) is 29.3 Å². The van der Waals surface area contributed by atoms with Crippen LogP contribution in [-0.2, 0) is 4.79 Å². The number of hydrogen-bond acceptors (Lipinski definition) is 3. The summed E-state index contributed by atoms with van der Waals surface area (Å²) in [7, 11) is 5.54. The Morgan fingerprint density at radius 3 is 2.23 bits per heavy atom. The normalized spacial score (nSPS) is 19.1. The molecule has 1 atom stereocenters. The molecule has 0 spiro atoms. The lowest BCUT2D eigenvalue weighted by atomic mass is 9.79. The lowest BCUT2D eigenvalue weighted by Gasteiger charge is -2.56. The predicted molar refractivity (Wildman–Crippen MR) is 159 cm³/mol. The quantitative estimate of drug-likeness (QED) is 0.387. The number of benzene rings is 2. The predicted octanol–water partition coefficient (Wildman–Crippen LogP) is 5.59. The summed E-state index contributed by atoms with van der Waals surface area (Å²) in [5.41, 5.74) is 1.01. The fraction of sp³-hybridized carbons (Fsp3) is 0.548. The van der Waals surface area contributed by atoms with E-state index in [9.17, 15) is 14.0 Å². The molecule has 0 aliphatic carbocycles. The molecular weight excluding hydrogens is 550 g/mol. The average Bonchev–Trinajstić information content (AvgIpc) is 2.97. The molecule has 0 radical (unpaired) electrons. The van der Waals surface area contributed by atoms with Gasteiger partial charge in [0.15, 0.2) is 5.54 Å². The van der Waals surface area contributed by atoms with Crippen molar-refractivity contribution in [2.45, 2.75) is 50.0 Å². The van der Waals surface area contributed by atoms with Gasteiger partial charge in [0.2, 0.25) is 0 Å². The Morgan fingerprint density at radius 1 is 0.975 bits per heavy atom. The van der Waals surface area contributed by atoms with Gasteiger partial charge in [-0.2, -0.15) is 0 Å². The van der Waals surface area contributed by atoms with Gasteiger partial charge in [-0.15, -0.1) is 0 Å². The molecule has 0 aromatic heterocycles. The molecule has 4 rings (SSSR count). The molecule has 0 bridgehead atoms. The third kappa shape index (κ3) is 6.48. The van der Waals surface area contributed by atoms with Crippen LogP contribution in [0.4, 0.5) is 4.39 Å². The van der Waals surface area contributed by atoms with Gasteiger partial charge in [0.05, 0.1) is 29.7 Å².